The van der Waals surface area contributed by atoms with E-state index >= 15 is 0 Å². The minimum atomic E-state index is -0.187. The fourth-order valence-corrected chi connectivity index (χ4v) is 2.28. The van der Waals surface area contributed by atoms with Crippen molar-refractivity contribution in [2.75, 3.05) is 6.54 Å². The fraction of sp³-hybridized carbons (Fsp3) is 0.737. The van der Waals surface area contributed by atoms with Crippen LogP contribution in [0.15, 0.2) is 17.1 Å². The number of hydrogen-bond donors (Lipinski definition) is 1. The van der Waals surface area contributed by atoms with Gasteiger partial charge in [-0.3, -0.25) is 9.59 Å². The molecule has 2 amide bonds. The van der Waals surface area contributed by atoms with Gasteiger partial charge in [-0.15, -0.1) is 0 Å². The van der Waals surface area contributed by atoms with E-state index in [1.807, 2.05) is 12.2 Å². The predicted octanol–water partition coefficient (Wildman–Crippen LogP) is 4.59. The lowest BCUT2D eigenvalue weighted by atomic mass is 10.1. The summed E-state index contributed by atoms with van der Waals surface area (Å²) in [6.07, 6.45) is 18.0. The highest BCUT2D eigenvalue weighted by Crippen LogP contribution is 2.10. The number of allylic oxidation sites excluding steroid dienone is 1. The first-order valence-corrected chi connectivity index (χ1v) is 9.11. The zero-order valence-electron chi connectivity index (χ0n) is 15.0. The largest absolute Gasteiger partial charge is 0.353 e. The molecule has 0 aromatic heterocycles. The van der Waals surface area contributed by atoms with Gasteiger partial charge in [0.2, 0.25) is 11.8 Å². The van der Waals surface area contributed by atoms with Crippen molar-refractivity contribution in [2.45, 2.75) is 84.5 Å². The molecule has 0 aromatic rings. The number of rotatable bonds is 14. The van der Waals surface area contributed by atoms with E-state index in [-0.39, 0.29) is 11.8 Å². The number of nitrogens with one attached hydrogen (secondary N) is 1. The number of aliphatic imine (C=N–C) groups is 1. The summed E-state index contributed by atoms with van der Waals surface area (Å²) in [6.45, 7) is 4.21. The molecule has 0 aliphatic heterocycles. The number of unbranched alkanes of at least 4 members (excludes halogenated alkanes) is 8. The maximum Gasteiger partial charge on any atom is 0.242 e. The van der Waals surface area contributed by atoms with Crippen molar-refractivity contribution in [3.63, 3.8) is 0 Å². The summed E-state index contributed by atoms with van der Waals surface area (Å²) < 4.78 is 0. The van der Waals surface area contributed by atoms with Crippen molar-refractivity contribution in [1.82, 2.24) is 5.32 Å². The van der Waals surface area contributed by atoms with E-state index < -0.39 is 0 Å². The van der Waals surface area contributed by atoms with Crippen LogP contribution in [0.25, 0.3) is 0 Å². The molecule has 0 saturated heterocycles. The van der Waals surface area contributed by atoms with Gasteiger partial charge in [0, 0.05) is 32.5 Å². The summed E-state index contributed by atoms with van der Waals surface area (Å²) in [7, 11) is 0. The van der Waals surface area contributed by atoms with E-state index in [1.54, 1.807) is 6.21 Å². The number of carbonyl (C=O) groups is 2. The van der Waals surface area contributed by atoms with Gasteiger partial charge in [-0.2, -0.15) is 0 Å². The van der Waals surface area contributed by atoms with Crippen LogP contribution in [0.4, 0.5) is 0 Å². The topological polar surface area (TPSA) is 58.5 Å². The van der Waals surface area contributed by atoms with Crippen LogP contribution in [0, 0.1) is 0 Å². The summed E-state index contributed by atoms with van der Waals surface area (Å²) in [5, 5.41) is 2.87. The van der Waals surface area contributed by atoms with Crippen LogP contribution in [0.2, 0.25) is 0 Å². The summed E-state index contributed by atoms with van der Waals surface area (Å²) >= 11 is 0. The summed E-state index contributed by atoms with van der Waals surface area (Å²) in [5.74, 6) is -0.0670. The lowest BCUT2D eigenvalue weighted by Gasteiger charge is -2.03. The van der Waals surface area contributed by atoms with Crippen LogP contribution in [0.3, 0.4) is 0 Å². The van der Waals surface area contributed by atoms with Gasteiger partial charge in [-0.1, -0.05) is 70.4 Å². The first-order valence-electron chi connectivity index (χ1n) is 9.11. The average molecular weight is 322 g/mol. The lowest BCUT2D eigenvalue weighted by Crippen LogP contribution is -2.22. The minimum absolute atomic E-state index is 0.120. The van der Waals surface area contributed by atoms with Crippen LogP contribution < -0.4 is 5.32 Å². The Kier molecular flexibility index (Phi) is 15.8. The molecule has 0 fully saturated rings. The second-order valence-corrected chi connectivity index (χ2v) is 5.92. The molecule has 0 rings (SSSR count). The standard InChI is InChI=1S/C19H34N2O2/c1-3-4-5-6-7-8-9-10-12-15-19(23)21-17-14-11-13-16-20-18(2)22/h11,14,16H,3-10,12-13,15,17H2,1-2H3,(H,21,23). The number of hydrogen-bond acceptors (Lipinski definition) is 2. The molecule has 1 N–H and O–H groups in total. The Balaban J connectivity index is 3.34. The summed E-state index contributed by atoms with van der Waals surface area (Å²) in [5.41, 5.74) is 0. The first-order chi connectivity index (χ1) is 11.2. The third kappa shape index (κ3) is 18.5. The van der Waals surface area contributed by atoms with Gasteiger partial charge in [-0.05, 0) is 6.42 Å². The van der Waals surface area contributed by atoms with Crippen molar-refractivity contribution in [3.05, 3.63) is 12.2 Å². The van der Waals surface area contributed by atoms with E-state index in [0.29, 0.717) is 19.4 Å². The van der Waals surface area contributed by atoms with E-state index in [4.69, 9.17) is 0 Å². The van der Waals surface area contributed by atoms with Crippen LogP contribution in [0.1, 0.15) is 84.5 Å². The Morgan fingerprint density at radius 1 is 0.913 bits per heavy atom. The van der Waals surface area contributed by atoms with Gasteiger partial charge in [0.05, 0.1) is 0 Å². The Morgan fingerprint density at radius 2 is 1.52 bits per heavy atom. The zero-order valence-corrected chi connectivity index (χ0v) is 15.0. The van der Waals surface area contributed by atoms with Gasteiger partial charge in [0.1, 0.15) is 0 Å². The van der Waals surface area contributed by atoms with E-state index in [9.17, 15) is 9.59 Å². The second kappa shape index (κ2) is 16.9. The molecular formula is C19H34N2O2. The third-order valence-electron chi connectivity index (χ3n) is 3.61. The monoisotopic (exact) mass is 322 g/mol. The lowest BCUT2D eigenvalue weighted by molar-refractivity contribution is -0.121. The van der Waals surface area contributed by atoms with Gasteiger partial charge in [0.15, 0.2) is 0 Å². The van der Waals surface area contributed by atoms with Gasteiger partial charge >= 0.3 is 0 Å². The van der Waals surface area contributed by atoms with E-state index in [1.165, 1.54) is 51.9 Å². The van der Waals surface area contributed by atoms with Crippen LogP contribution in [-0.2, 0) is 9.59 Å². The molecule has 0 atom stereocenters. The van der Waals surface area contributed by atoms with Crippen molar-refractivity contribution in [2.24, 2.45) is 4.99 Å². The highest BCUT2D eigenvalue weighted by Gasteiger charge is 1.99. The Labute approximate surface area is 141 Å². The van der Waals surface area contributed by atoms with Crippen LogP contribution >= 0.6 is 0 Å². The summed E-state index contributed by atoms with van der Waals surface area (Å²) in [4.78, 5) is 25.8. The van der Waals surface area contributed by atoms with Crippen molar-refractivity contribution in [1.29, 1.82) is 0 Å². The smallest absolute Gasteiger partial charge is 0.242 e. The molecule has 132 valence electrons. The average Bonchev–Trinajstić information content (AvgIpc) is 2.52. The molecule has 0 aliphatic carbocycles. The van der Waals surface area contributed by atoms with Crippen LogP contribution in [-0.4, -0.2) is 24.6 Å². The van der Waals surface area contributed by atoms with Crippen molar-refractivity contribution >= 4 is 18.0 Å². The normalized spacial score (nSPS) is 11.4. The maximum atomic E-state index is 11.6. The maximum absolute atomic E-state index is 11.6. The van der Waals surface area contributed by atoms with Crippen LogP contribution in [0.5, 0.6) is 0 Å². The number of nitrogens with zero attached hydrogens (tertiary/aromatic N) is 1. The molecule has 0 unspecified atom stereocenters. The Bertz CT molecular complexity index is 362. The van der Waals surface area contributed by atoms with Gasteiger partial charge in [-0.25, -0.2) is 4.99 Å². The van der Waals surface area contributed by atoms with E-state index in [0.717, 1.165) is 12.8 Å². The third-order valence-corrected chi connectivity index (χ3v) is 3.61. The fourth-order valence-electron chi connectivity index (χ4n) is 2.28. The quantitative estimate of drug-likeness (QED) is 0.289. The summed E-state index contributed by atoms with van der Waals surface area (Å²) in [6, 6.07) is 0. The zero-order chi connectivity index (χ0) is 17.2. The highest BCUT2D eigenvalue weighted by molar-refractivity contribution is 5.83. The molecular weight excluding hydrogens is 288 g/mol. The molecule has 4 nitrogen and oxygen atoms in total. The molecule has 4 heteroatoms. The molecule has 0 spiro atoms. The molecule has 0 saturated carbocycles. The molecule has 0 aromatic carbocycles. The molecule has 0 aliphatic rings. The van der Waals surface area contributed by atoms with E-state index in [2.05, 4.69) is 17.2 Å². The molecule has 0 radical (unpaired) electrons. The number of amides is 2. The highest BCUT2D eigenvalue weighted by atomic mass is 16.1. The molecule has 0 bridgehead atoms. The van der Waals surface area contributed by atoms with Crippen molar-refractivity contribution < 1.29 is 9.59 Å². The van der Waals surface area contributed by atoms with Crippen molar-refractivity contribution in [3.8, 4) is 0 Å². The van der Waals surface area contributed by atoms with Gasteiger partial charge in [0.25, 0.3) is 0 Å². The molecule has 0 heterocycles. The Hall–Kier alpha value is -1.45. The minimum Gasteiger partial charge on any atom is -0.353 e. The molecule has 23 heavy (non-hydrogen) atoms. The Morgan fingerprint density at radius 3 is 2.13 bits per heavy atom. The number of carbonyl (C=O) groups excluding carboxylic acids is 2. The predicted molar refractivity (Wildman–Crippen MR) is 97.8 cm³/mol. The SMILES string of the molecule is CCCCCCCCCCCC(=O)NCC=CCC=NC(C)=O. The van der Waals surface area contributed by atoms with Gasteiger partial charge < -0.3 is 5.32 Å². The second-order valence-electron chi connectivity index (χ2n) is 5.92. The first kappa shape index (κ1) is 21.6.